The minimum absolute atomic E-state index is 0.550. The number of nitrogens with zero attached hydrogens (tertiary/aromatic N) is 3. The van der Waals surface area contributed by atoms with Crippen LogP contribution in [0.15, 0.2) is 69.6 Å². The third-order valence-electron chi connectivity index (χ3n) is 7.51. The second-order valence-electron chi connectivity index (χ2n) is 11.4. The monoisotopic (exact) mass is 581 g/mol. The molecule has 5 nitrogen and oxygen atoms in total. The number of rotatable bonds is 15. The standard InChI is InChI=1S/C38H51N3O2/c1-8-10-12-13-14-15-23-42-33-19-21-35(36(26-33)43-22-11-9-2)38(40-27-32-18-16-28(3)24-30(32)5)41-37(39-7)34-20-17-29(4)25-31(34)6/h16-21,24-27H,8-15,22-23H2,1-7H3. The van der Waals surface area contributed by atoms with Crippen LogP contribution >= 0.6 is 0 Å². The van der Waals surface area contributed by atoms with Crippen molar-refractivity contribution in [3.63, 3.8) is 0 Å². The Morgan fingerprint density at radius 2 is 1.30 bits per heavy atom. The van der Waals surface area contributed by atoms with Crippen molar-refractivity contribution in [2.24, 2.45) is 15.0 Å². The van der Waals surface area contributed by atoms with E-state index in [2.05, 4.69) is 82.9 Å². The minimum atomic E-state index is 0.550. The molecular weight excluding hydrogens is 530 g/mol. The molecule has 0 heterocycles. The molecule has 0 aliphatic rings. The lowest BCUT2D eigenvalue weighted by Gasteiger charge is -2.15. The van der Waals surface area contributed by atoms with E-state index in [9.17, 15) is 0 Å². The maximum absolute atomic E-state index is 6.35. The summed E-state index contributed by atoms with van der Waals surface area (Å²) in [5.41, 5.74) is 7.57. The van der Waals surface area contributed by atoms with Crippen molar-refractivity contribution < 1.29 is 9.47 Å². The van der Waals surface area contributed by atoms with Crippen LogP contribution in [-0.2, 0) is 0 Å². The Kier molecular flexibility index (Phi) is 14.2. The summed E-state index contributed by atoms with van der Waals surface area (Å²) in [6.45, 7) is 14.1. The highest BCUT2D eigenvalue weighted by atomic mass is 16.5. The van der Waals surface area contributed by atoms with E-state index in [1.807, 2.05) is 24.4 Å². The van der Waals surface area contributed by atoms with Crippen molar-refractivity contribution in [3.8, 4) is 11.5 Å². The summed E-state index contributed by atoms with van der Waals surface area (Å²) in [6, 6.07) is 18.7. The molecule has 3 aromatic rings. The molecule has 0 atom stereocenters. The van der Waals surface area contributed by atoms with Crippen LogP contribution in [0.3, 0.4) is 0 Å². The van der Waals surface area contributed by atoms with E-state index in [1.165, 1.54) is 48.8 Å². The Bertz CT molecular complexity index is 1400. The molecule has 0 N–H and O–H groups in total. The van der Waals surface area contributed by atoms with E-state index in [-0.39, 0.29) is 0 Å². The normalized spacial score (nSPS) is 12.3. The molecule has 0 radical (unpaired) electrons. The quantitative estimate of drug-likeness (QED) is 0.102. The number of ether oxygens (including phenoxy) is 2. The van der Waals surface area contributed by atoms with Crippen LogP contribution in [0, 0.1) is 27.7 Å². The molecule has 0 unspecified atom stereocenters. The van der Waals surface area contributed by atoms with Gasteiger partial charge in [0.15, 0.2) is 11.7 Å². The molecular formula is C38H51N3O2. The smallest absolute Gasteiger partial charge is 0.165 e. The summed E-state index contributed by atoms with van der Waals surface area (Å²) in [5, 5.41) is 0. The third-order valence-corrected chi connectivity index (χ3v) is 7.51. The first-order chi connectivity index (χ1) is 20.9. The fraction of sp³-hybridized carbons (Fsp3) is 0.447. The van der Waals surface area contributed by atoms with E-state index < -0.39 is 0 Å². The maximum atomic E-state index is 6.35. The third kappa shape index (κ3) is 10.8. The first kappa shape index (κ1) is 33.8. The summed E-state index contributed by atoms with van der Waals surface area (Å²) in [6.07, 6.45) is 11.3. The van der Waals surface area contributed by atoms with Gasteiger partial charge in [0, 0.05) is 24.9 Å². The van der Waals surface area contributed by atoms with Gasteiger partial charge in [-0.2, -0.15) is 0 Å². The Balaban J connectivity index is 2.01. The predicted molar refractivity (Wildman–Crippen MR) is 184 cm³/mol. The fourth-order valence-electron chi connectivity index (χ4n) is 4.95. The number of aliphatic imine (C=N–C) groups is 3. The lowest BCUT2D eigenvalue weighted by molar-refractivity contribution is 0.291. The van der Waals surface area contributed by atoms with Gasteiger partial charge in [-0.25, -0.2) is 9.98 Å². The van der Waals surface area contributed by atoms with Crippen molar-refractivity contribution in [2.45, 2.75) is 92.9 Å². The van der Waals surface area contributed by atoms with Gasteiger partial charge >= 0.3 is 0 Å². The Morgan fingerprint density at radius 1 is 0.651 bits per heavy atom. The van der Waals surface area contributed by atoms with Gasteiger partial charge in [-0.3, -0.25) is 4.99 Å². The first-order valence-electron chi connectivity index (χ1n) is 16.0. The highest BCUT2D eigenvalue weighted by molar-refractivity contribution is 6.15. The molecule has 43 heavy (non-hydrogen) atoms. The average Bonchev–Trinajstić information content (AvgIpc) is 2.98. The molecule has 0 aromatic heterocycles. The van der Waals surface area contributed by atoms with Gasteiger partial charge in [0.1, 0.15) is 11.5 Å². The second-order valence-corrected chi connectivity index (χ2v) is 11.4. The number of hydrogen-bond acceptors (Lipinski definition) is 3. The molecule has 3 rings (SSSR count). The summed E-state index contributed by atoms with van der Waals surface area (Å²) in [7, 11) is 1.78. The van der Waals surface area contributed by atoms with Gasteiger partial charge < -0.3 is 9.47 Å². The van der Waals surface area contributed by atoms with Gasteiger partial charge in [-0.05, 0) is 69.4 Å². The van der Waals surface area contributed by atoms with Crippen LogP contribution in [0.2, 0.25) is 0 Å². The zero-order chi connectivity index (χ0) is 31.0. The van der Waals surface area contributed by atoms with E-state index >= 15 is 0 Å². The second kappa shape index (κ2) is 18.0. The molecule has 230 valence electrons. The van der Waals surface area contributed by atoms with E-state index in [0.29, 0.717) is 24.9 Å². The van der Waals surface area contributed by atoms with Crippen LogP contribution < -0.4 is 9.47 Å². The lowest BCUT2D eigenvalue weighted by atomic mass is 10.0. The number of aryl methyl sites for hydroxylation is 4. The molecule has 0 amide bonds. The molecule has 0 spiro atoms. The van der Waals surface area contributed by atoms with Crippen LogP contribution in [0.1, 0.15) is 104 Å². The molecule has 0 bridgehead atoms. The van der Waals surface area contributed by atoms with Crippen LogP contribution in [-0.4, -0.2) is 38.1 Å². The summed E-state index contributed by atoms with van der Waals surface area (Å²) >= 11 is 0. The summed E-state index contributed by atoms with van der Waals surface area (Å²) in [4.78, 5) is 14.6. The molecule has 0 saturated heterocycles. The first-order valence-corrected chi connectivity index (χ1v) is 16.0. The average molecular weight is 582 g/mol. The summed E-state index contributed by atoms with van der Waals surface area (Å²) < 4.78 is 12.5. The van der Waals surface area contributed by atoms with E-state index in [1.54, 1.807) is 7.05 Å². The van der Waals surface area contributed by atoms with E-state index in [0.717, 1.165) is 53.0 Å². The Morgan fingerprint density at radius 3 is 2.00 bits per heavy atom. The minimum Gasteiger partial charge on any atom is -0.493 e. The van der Waals surface area contributed by atoms with E-state index in [4.69, 9.17) is 19.5 Å². The highest BCUT2D eigenvalue weighted by Crippen LogP contribution is 2.28. The van der Waals surface area contributed by atoms with Crippen molar-refractivity contribution in [2.75, 3.05) is 20.3 Å². The van der Waals surface area contributed by atoms with Crippen molar-refractivity contribution in [1.82, 2.24) is 0 Å². The zero-order valence-corrected chi connectivity index (χ0v) is 27.5. The van der Waals surface area contributed by atoms with Gasteiger partial charge in [-0.15, -0.1) is 0 Å². The van der Waals surface area contributed by atoms with Crippen molar-refractivity contribution in [3.05, 3.63) is 93.5 Å². The van der Waals surface area contributed by atoms with Gasteiger partial charge in [-0.1, -0.05) is 99.9 Å². The predicted octanol–water partition coefficient (Wildman–Crippen LogP) is 9.78. The highest BCUT2D eigenvalue weighted by Gasteiger charge is 2.15. The van der Waals surface area contributed by atoms with Crippen LogP contribution in [0.5, 0.6) is 11.5 Å². The topological polar surface area (TPSA) is 55.5 Å². The SMILES string of the molecule is CCCCCCCCOc1ccc(C(N=Cc2ccc(C)cc2C)=NC(=NC)c2ccc(C)cc2C)c(OCCCC)c1. The zero-order valence-electron chi connectivity index (χ0n) is 27.5. The maximum Gasteiger partial charge on any atom is 0.165 e. The van der Waals surface area contributed by atoms with Crippen molar-refractivity contribution >= 4 is 17.9 Å². The molecule has 3 aromatic carbocycles. The largest absolute Gasteiger partial charge is 0.493 e. The van der Waals surface area contributed by atoms with Gasteiger partial charge in [0.2, 0.25) is 0 Å². The molecule has 5 heteroatoms. The molecule has 0 fully saturated rings. The number of benzene rings is 3. The summed E-state index contributed by atoms with van der Waals surface area (Å²) in [5.74, 6) is 2.71. The Hall–Kier alpha value is -3.73. The Labute approximate surface area is 260 Å². The van der Waals surface area contributed by atoms with Crippen LogP contribution in [0.4, 0.5) is 0 Å². The number of unbranched alkanes of at least 4 members (excludes halogenated alkanes) is 6. The van der Waals surface area contributed by atoms with Crippen molar-refractivity contribution in [1.29, 1.82) is 0 Å². The lowest BCUT2D eigenvalue weighted by Crippen LogP contribution is -2.10. The van der Waals surface area contributed by atoms with Gasteiger partial charge in [0.05, 0.1) is 18.8 Å². The van der Waals surface area contributed by atoms with Gasteiger partial charge in [0.25, 0.3) is 0 Å². The number of amidine groups is 2. The van der Waals surface area contributed by atoms with Crippen LogP contribution in [0.25, 0.3) is 0 Å². The fourth-order valence-corrected chi connectivity index (χ4v) is 4.95. The molecule has 0 aliphatic carbocycles. The molecule has 0 saturated carbocycles. The molecule has 0 aliphatic heterocycles. The number of hydrogen-bond donors (Lipinski definition) is 0.